The maximum absolute atomic E-state index is 12.1. The van der Waals surface area contributed by atoms with Crippen LogP contribution in [0.4, 0.5) is 0 Å². The highest BCUT2D eigenvalue weighted by Gasteiger charge is 2.32. The normalized spacial score (nSPS) is 25.9. The van der Waals surface area contributed by atoms with Crippen LogP contribution in [0, 0.1) is 5.92 Å². The molecule has 2 atom stereocenters. The predicted molar refractivity (Wildman–Crippen MR) is 80.9 cm³/mol. The molecule has 0 saturated carbocycles. The molecule has 0 aliphatic carbocycles. The zero-order valence-corrected chi connectivity index (χ0v) is 13.0. The minimum atomic E-state index is -0.234. The van der Waals surface area contributed by atoms with Gasteiger partial charge in [0.15, 0.2) is 0 Å². The third-order valence-corrected chi connectivity index (χ3v) is 4.21. The number of hydrogen-bond acceptors (Lipinski definition) is 3. The fraction of sp³-hybridized carbons (Fsp3) is 0.857. The average Bonchev–Trinajstić information content (AvgIpc) is 2.89. The molecule has 2 N–H and O–H groups in total. The summed E-state index contributed by atoms with van der Waals surface area (Å²) in [6.45, 7) is 5.18. The molecule has 2 unspecified atom stereocenters. The molecule has 2 aliphatic rings. The Morgan fingerprint density at radius 3 is 2.75 bits per heavy atom. The average molecular weight is 304 g/mol. The minimum Gasteiger partial charge on any atom is -0.354 e. The van der Waals surface area contributed by atoms with E-state index in [9.17, 15) is 9.59 Å². The van der Waals surface area contributed by atoms with E-state index in [0.29, 0.717) is 5.92 Å². The summed E-state index contributed by atoms with van der Waals surface area (Å²) in [5.74, 6) is 0.715. The summed E-state index contributed by atoms with van der Waals surface area (Å²) < 4.78 is 0. The zero-order valence-electron chi connectivity index (χ0n) is 12.2. The van der Waals surface area contributed by atoms with Crippen LogP contribution in [-0.2, 0) is 9.59 Å². The van der Waals surface area contributed by atoms with E-state index in [4.69, 9.17) is 0 Å². The van der Waals surface area contributed by atoms with E-state index in [2.05, 4.69) is 10.6 Å². The summed E-state index contributed by atoms with van der Waals surface area (Å²) in [6, 6.07) is -0.234. The number of piperidine rings is 1. The van der Waals surface area contributed by atoms with Crippen molar-refractivity contribution in [1.82, 2.24) is 15.5 Å². The van der Waals surface area contributed by atoms with Gasteiger partial charge in [0, 0.05) is 20.0 Å². The number of amides is 2. The van der Waals surface area contributed by atoms with Gasteiger partial charge < -0.3 is 15.5 Å². The molecule has 0 radical (unpaired) electrons. The molecule has 20 heavy (non-hydrogen) atoms. The van der Waals surface area contributed by atoms with Crippen LogP contribution in [0.2, 0.25) is 0 Å². The van der Waals surface area contributed by atoms with Crippen molar-refractivity contribution in [3.63, 3.8) is 0 Å². The Labute approximate surface area is 127 Å². The number of carbonyl (C=O) groups is 2. The first-order valence-corrected chi connectivity index (χ1v) is 7.44. The topological polar surface area (TPSA) is 61.4 Å². The molecular weight excluding hydrogens is 278 g/mol. The molecular formula is C14H26ClN3O2. The largest absolute Gasteiger partial charge is 0.354 e. The SMILES string of the molecule is CC(=O)N1CCCC1C(=O)NCCC1CCCNC1.Cl. The summed E-state index contributed by atoms with van der Waals surface area (Å²) in [5, 5.41) is 6.38. The lowest BCUT2D eigenvalue weighted by Gasteiger charge is -2.24. The number of nitrogens with one attached hydrogen (secondary N) is 2. The molecule has 2 amide bonds. The van der Waals surface area contributed by atoms with Crippen molar-refractivity contribution in [1.29, 1.82) is 0 Å². The van der Waals surface area contributed by atoms with Gasteiger partial charge in [0.2, 0.25) is 11.8 Å². The van der Waals surface area contributed by atoms with Gasteiger partial charge in [-0.25, -0.2) is 0 Å². The van der Waals surface area contributed by atoms with Crippen LogP contribution >= 0.6 is 12.4 Å². The first-order chi connectivity index (χ1) is 9.18. The molecule has 2 rings (SSSR count). The van der Waals surface area contributed by atoms with Crippen molar-refractivity contribution in [3.8, 4) is 0 Å². The lowest BCUT2D eigenvalue weighted by molar-refractivity contribution is -0.136. The van der Waals surface area contributed by atoms with Gasteiger partial charge in [-0.3, -0.25) is 9.59 Å². The number of hydrogen-bond donors (Lipinski definition) is 2. The molecule has 0 spiro atoms. The van der Waals surface area contributed by atoms with Gasteiger partial charge in [-0.1, -0.05) is 0 Å². The number of halogens is 1. The maximum Gasteiger partial charge on any atom is 0.242 e. The van der Waals surface area contributed by atoms with E-state index in [1.165, 1.54) is 12.8 Å². The van der Waals surface area contributed by atoms with Crippen LogP contribution in [0.1, 0.15) is 39.0 Å². The molecule has 2 aliphatic heterocycles. The quantitative estimate of drug-likeness (QED) is 0.812. The second-order valence-corrected chi connectivity index (χ2v) is 5.66. The number of carbonyl (C=O) groups excluding carboxylic acids is 2. The molecule has 6 heteroatoms. The molecule has 2 heterocycles. The van der Waals surface area contributed by atoms with Crippen molar-refractivity contribution in [2.75, 3.05) is 26.2 Å². The zero-order chi connectivity index (χ0) is 13.7. The van der Waals surface area contributed by atoms with Crippen molar-refractivity contribution < 1.29 is 9.59 Å². The first-order valence-electron chi connectivity index (χ1n) is 7.44. The van der Waals surface area contributed by atoms with Crippen molar-refractivity contribution in [2.45, 2.75) is 45.1 Å². The van der Waals surface area contributed by atoms with Crippen LogP contribution in [0.3, 0.4) is 0 Å². The van der Waals surface area contributed by atoms with Crippen molar-refractivity contribution in [2.24, 2.45) is 5.92 Å². The lowest BCUT2D eigenvalue weighted by Crippen LogP contribution is -2.45. The molecule has 5 nitrogen and oxygen atoms in total. The van der Waals surface area contributed by atoms with Crippen molar-refractivity contribution >= 4 is 24.2 Å². The fourth-order valence-corrected chi connectivity index (χ4v) is 3.10. The van der Waals surface area contributed by atoms with Gasteiger partial charge in [-0.05, 0) is 51.1 Å². The molecule has 2 fully saturated rings. The maximum atomic E-state index is 12.1. The van der Waals surface area contributed by atoms with E-state index >= 15 is 0 Å². The number of nitrogens with zero attached hydrogens (tertiary/aromatic N) is 1. The van der Waals surface area contributed by atoms with E-state index < -0.39 is 0 Å². The van der Waals surface area contributed by atoms with E-state index in [1.807, 2.05) is 0 Å². The number of rotatable bonds is 4. The van der Waals surface area contributed by atoms with E-state index in [1.54, 1.807) is 11.8 Å². The van der Waals surface area contributed by atoms with Crippen LogP contribution in [0.25, 0.3) is 0 Å². The molecule has 0 aromatic heterocycles. The van der Waals surface area contributed by atoms with Gasteiger partial charge >= 0.3 is 0 Å². The summed E-state index contributed by atoms with van der Waals surface area (Å²) in [6.07, 6.45) is 5.26. The van der Waals surface area contributed by atoms with Crippen molar-refractivity contribution in [3.05, 3.63) is 0 Å². The second-order valence-electron chi connectivity index (χ2n) is 5.66. The fourth-order valence-electron chi connectivity index (χ4n) is 3.10. The number of likely N-dealkylation sites (tertiary alicyclic amines) is 1. The van der Waals surface area contributed by atoms with E-state index in [0.717, 1.165) is 45.4 Å². The molecule has 0 bridgehead atoms. The second kappa shape index (κ2) is 8.47. The Kier molecular flexibility index (Phi) is 7.30. The highest BCUT2D eigenvalue weighted by Crippen LogP contribution is 2.17. The summed E-state index contributed by atoms with van der Waals surface area (Å²) in [4.78, 5) is 25.2. The predicted octanol–water partition coefficient (Wildman–Crippen LogP) is 0.925. The van der Waals surface area contributed by atoms with Gasteiger partial charge in [0.05, 0.1) is 0 Å². The van der Waals surface area contributed by atoms with Crippen LogP contribution in [0.5, 0.6) is 0 Å². The van der Waals surface area contributed by atoms with Crippen LogP contribution < -0.4 is 10.6 Å². The Morgan fingerprint density at radius 2 is 2.10 bits per heavy atom. The highest BCUT2D eigenvalue weighted by atomic mass is 35.5. The lowest BCUT2D eigenvalue weighted by atomic mass is 9.96. The van der Waals surface area contributed by atoms with Gasteiger partial charge in [0.25, 0.3) is 0 Å². The Morgan fingerprint density at radius 1 is 1.30 bits per heavy atom. The summed E-state index contributed by atoms with van der Waals surface area (Å²) in [7, 11) is 0. The third-order valence-electron chi connectivity index (χ3n) is 4.21. The van der Waals surface area contributed by atoms with E-state index in [-0.39, 0.29) is 30.3 Å². The monoisotopic (exact) mass is 303 g/mol. The Bertz CT molecular complexity index is 332. The highest BCUT2D eigenvalue weighted by molar-refractivity contribution is 5.87. The van der Waals surface area contributed by atoms with Crippen LogP contribution in [0.15, 0.2) is 0 Å². The Hall–Kier alpha value is -0.810. The molecule has 0 aromatic carbocycles. The minimum absolute atomic E-state index is 0. The smallest absolute Gasteiger partial charge is 0.242 e. The first kappa shape index (κ1) is 17.2. The summed E-state index contributed by atoms with van der Waals surface area (Å²) in [5.41, 5.74) is 0. The third kappa shape index (κ3) is 4.63. The van der Waals surface area contributed by atoms with Crippen LogP contribution in [-0.4, -0.2) is 48.9 Å². The molecule has 0 aromatic rings. The van der Waals surface area contributed by atoms with Gasteiger partial charge in [0.1, 0.15) is 6.04 Å². The Balaban J connectivity index is 0.00000200. The molecule has 2 saturated heterocycles. The van der Waals surface area contributed by atoms with Gasteiger partial charge in [-0.2, -0.15) is 0 Å². The standard InChI is InChI=1S/C14H25N3O2.ClH/c1-11(18)17-9-3-5-13(17)14(19)16-8-6-12-4-2-7-15-10-12;/h12-13,15H,2-10H2,1H3,(H,16,19);1H. The summed E-state index contributed by atoms with van der Waals surface area (Å²) >= 11 is 0. The van der Waals surface area contributed by atoms with Gasteiger partial charge in [-0.15, -0.1) is 12.4 Å². The molecule has 116 valence electrons.